The summed E-state index contributed by atoms with van der Waals surface area (Å²) in [5.74, 6) is 0. The van der Waals surface area contributed by atoms with Gasteiger partial charge < -0.3 is 10.2 Å². The van der Waals surface area contributed by atoms with Crippen molar-refractivity contribution < 1.29 is 0 Å². The number of rotatable bonds is 3. The van der Waals surface area contributed by atoms with Crippen LogP contribution in [0.25, 0.3) is 0 Å². The topological polar surface area (TPSA) is 15.3 Å². The molecule has 0 aromatic heterocycles. The van der Waals surface area contributed by atoms with Crippen molar-refractivity contribution in [3.05, 3.63) is 12.7 Å². The summed E-state index contributed by atoms with van der Waals surface area (Å²) < 4.78 is 0. The van der Waals surface area contributed by atoms with Crippen LogP contribution in [0.3, 0.4) is 0 Å². The van der Waals surface area contributed by atoms with Gasteiger partial charge in [-0.25, -0.2) is 0 Å². The summed E-state index contributed by atoms with van der Waals surface area (Å²) in [6, 6.07) is 0.647. The number of nitrogens with zero attached hydrogens (tertiary/aromatic N) is 1. The Morgan fingerprint density at radius 3 is 3.07 bits per heavy atom. The van der Waals surface area contributed by atoms with Crippen molar-refractivity contribution in [2.24, 2.45) is 0 Å². The Kier molecular flexibility index (Phi) is 4.94. The van der Waals surface area contributed by atoms with Gasteiger partial charge in [0.05, 0.1) is 0 Å². The summed E-state index contributed by atoms with van der Waals surface area (Å²) in [5, 5.41) is 4.11. The molecule has 0 saturated carbocycles. The van der Waals surface area contributed by atoms with Crippen LogP contribution in [0.15, 0.2) is 12.7 Å². The maximum atomic E-state index is 5.35. The van der Waals surface area contributed by atoms with Crippen LogP contribution in [0.5, 0.6) is 0 Å². The number of hydrogen-bond acceptors (Lipinski definition) is 1. The molecule has 1 rings (SSSR count). The Balaban J connectivity index is 2.45. The third kappa shape index (κ3) is 2.98. The molecule has 0 aromatic rings. The predicted octanol–water partition coefficient (Wildman–Crippen LogP) is 2.31. The molecule has 1 aliphatic heterocycles. The normalized spacial score (nSPS) is 21.8. The summed E-state index contributed by atoms with van der Waals surface area (Å²) in [6.07, 6.45) is 6.94. The molecule has 0 amide bonds. The zero-order valence-electron chi connectivity index (χ0n) is 8.96. The second-order valence-electron chi connectivity index (χ2n) is 3.73. The highest BCUT2D eigenvalue weighted by Gasteiger charge is 2.22. The highest BCUT2D eigenvalue weighted by atomic mass is 32.1. The SMILES string of the molecule is C=CCNC(=S)N1CCCC[C@H]1CC. The van der Waals surface area contributed by atoms with Crippen molar-refractivity contribution in [1.29, 1.82) is 0 Å². The van der Waals surface area contributed by atoms with Crippen molar-refractivity contribution >= 4 is 17.3 Å². The highest BCUT2D eigenvalue weighted by molar-refractivity contribution is 7.80. The molecule has 0 bridgehead atoms. The Hall–Kier alpha value is -0.570. The van der Waals surface area contributed by atoms with Crippen molar-refractivity contribution in [1.82, 2.24) is 10.2 Å². The molecule has 1 saturated heterocycles. The molecule has 0 spiro atoms. The summed E-state index contributed by atoms with van der Waals surface area (Å²) >= 11 is 5.35. The van der Waals surface area contributed by atoms with Gasteiger partial charge in [-0.1, -0.05) is 13.0 Å². The second kappa shape index (κ2) is 6.02. The number of hydrogen-bond donors (Lipinski definition) is 1. The lowest BCUT2D eigenvalue weighted by atomic mass is 10.0. The fourth-order valence-corrected chi connectivity index (χ4v) is 2.28. The van der Waals surface area contributed by atoms with Gasteiger partial charge in [-0.3, -0.25) is 0 Å². The summed E-state index contributed by atoms with van der Waals surface area (Å²) in [6.45, 7) is 7.79. The molecule has 14 heavy (non-hydrogen) atoms. The fourth-order valence-electron chi connectivity index (χ4n) is 1.95. The number of likely N-dealkylation sites (tertiary alicyclic amines) is 1. The van der Waals surface area contributed by atoms with Gasteiger partial charge in [0.15, 0.2) is 5.11 Å². The van der Waals surface area contributed by atoms with Crippen LogP contribution in [0, 0.1) is 0 Å². The van der Waals surface area contributed by atoms with Crippen LogP contribution in [-0.2, 0) is 0 Å². The standard InChI is InChI=1S/C11H20N2S/c1-3-8-12-11(14)13-9-6-5-7-10(13)4-2/h3,10H,1,4-9H2,2H3,(H,12,14)/t10-/m1/s1. The molecule has 0 unspecified atom stereocenters. The van der Waals surface area contributed by atoms with Gasteiger partial charge in [0.2, 0.25) is 0 Å². The van der Waals surface area contributed by atoms with Crippen molar-refractivity contribution in [3.63, 3.8) is 0 Å². The zero-order valence-corrected chi connectivity index (χ0v) is 9.78. The Bertz CT molecular complexity index is 203. The van der Waals surface area contributed by atoms with E-state index < -0.39 is 0 Å². The fraction of sp³-hybridized carbons (Fsp3) is 0.727. The van der Waals surface area contributed by atoms with E-state index in [9.17, 15) is 0 Å². The average molecular weight is 212 g/mol. The van der Waals surface area contributed by atoms with Crippen LogP contribution in [0.4, 0.5) is 0 Å². The molecule has 0 radical (unpaired) electrons. The lowest BCUT2D eigenvalue weighted by Crippen LogP contribution is -2.48. The Labute approximate surface area is 92.4 Å². The lowest BCUT2D eigenvalue weighted by molar-refractivity contribution is 0.234. The first kappa shape index (κ1) is 11.5. The van der Waals surface area contributed by atoms with Crippen molar-refractivity contribution in [2.45, 2.75) is 38.6 Å². The largest absolute Gasteiger partial charge is 0.359 e. The molecular formula is C11H20N2S. The van der Waals surface area contributed by atoms with Crippen molar-refractivity contribution in [2.75, 3.05) is 13.1 Å². The number of nitrogens with one attached hydrogen (secondary N) is 1. The number of thiocarbonyl (C=S) groups is 1. The smallest absolute Gasteiger partial charge is 0.169 e. The van der Waals surface area contributed by atoms with Gasteiger partial charge in [-0.2, -0.15) is 0 Å². The summed E-state index contributed by atoms with van der Waals surface area (Å²) in [5.41, 5.74) is 0. The van der Waals surface area contributed by atoms with E-state index in [-0.39, 0.29) is 0 Å². The van der Waals surface area contributed by atoms with Gasteiger partial charge in [0, 0.05) is 19.1 Å². The molecule has 0 aliphatic carbocycles. The van der Waals surface area contributed by atoms with Gasteiger partial charge in [-0.15, -0.1) is 6.58 Å². The van der Waals surface area contributed by atoms with Crippen LogP contribution in [0.1, 0.15) is 32.6 Å². The predicted molar refractivity (Wildman–Crippen MR) is 65.4 cm³/mol. The van der Waals surface area contributed by atoms with Crippen LogP contribution in [-0.4, -0.2) is 29.1 Å². The monoisotopic (exact) mass is 212 g/mol. The first-order valence-corrected chi connectivity index (χ1v) is 5.85. The molecule has 1 N–H and O–H groups in total. The maximum Gasteiger partial charge on any atom is 0.169 e. The molecular weight excluding hydrogens is 192 g/mol. The summed E-state index contributed by atoms with van der Waals surface area (Å²) in [4.78, 5) is 2.34. The minimum Gasteiger partial charge on any atom is -0.359 e. The van der Waals surface area contributed by atoms with E-state index in [1.54, 1.807) is 0 Å². The van der Waals surface area contributed by atoms with Gasteiger partial charge in [0.25, 0.3) is 0 Å². The van der Waals surface area contributed by atoms with Gasteiger partial charge >= 0.3 is 0 Å². The molecule has 1 heterocycles. The molecule has 0 aromatic carbocycles. The van der Waals surface area contributed by atoms with E-state index in [2.05, 4.69) is 23.7 Å². The van der Waals surface area contributed by atoms with E-state index in [4.69, 9.17) is 12.2 Å². The molecule has 2 nitrogen and oxygen atoms in total. The van der Waals surface area contributed by atoms with E-state index in [0.717, 1.165) is 18.2 Å². The van der Waals surface area contributed by atoms with E-state index in [1.165, 1.54) is 25.7 Å². The average Bonchev–Trinajstić information content (AvgIpc) is 2.25. The Morgan fingerprint density at radius 1 is 1.64 bits per heavy atom. The highest BCUT2D eigenvalue weighted by Crippen LogP contribution is 2.19. The minimum absolute atomic E-state index is 0.647. The maximum absolute atomic E-state index is 5.35. The van der Waals surface area contributed by atoms with Crippen LogP contribution in [0.2, 0.25) is 0 Å². The van der Waals surface area contributed by atoms with E-state index in [1.807, 2.05) is 6.08 Å². The Morgan fingerprint density at radius 2 is 2.43 bits per heavy atom. The van der Waals surface area contributed by atoms with Crippen LogP contribution < -0.4 is 5.32 Å². The molecule has 3 heteroatoms. The van der Waals surface area contributed by atoms with E-state index >= 15 is 0 Å². The molecule has 1 fully saturated rings. The van der Waals surface area contributed by atoms with Crippen LogP contribution >= 0.6 is 12.2 Å². The third-order valence-electron chi connectivity index (χ3n) is 2.76. The first-order chi connectivity index (χ1) is 6.79. The molecule has 1 aliphatic rings. The molecule has 80 valence electrons. The summed E-state index contributed by atoms with van der Waals surface area (Å²) in [7, 11) is 0. The zero-order chi connectivity index (χ0) is 10.4. The lowest BCUT2D eigenvalue weighted by Gasteiger charge is -2.37. The first-order valence-electron chi connectivity index (χ1n) is 5.45. The number of piperidine rings is 1. The second-order valence-corrected chi connectivity index (χ2v) is 4.11. The van der Waals surface area contributed by atoms with Gasteiger partial charge in [0.1, 0.15) is 0 Å². The third-order valence-corrected chi connectivity index (χ3v) is 3.14. The minimum atomic E-state index is 0.647. The van der Waals surface area contributed by atoms with E-state index in [0.29, 0.717) is 6.04 Å². The van der Waals surface area contributed by atoms with Gasteiger partial charge in [-0.05, 0) is 37.9 Å². The molecule has 1 atom stereocenters. The quantitative estimate of drug-likeness (QED) is 0.571. The van der Waals surface area contributed by atoms with Crippen molar-refractivity contribution in [3.8, 4) is 0 Å².